The van der Waals surface area contributed by atoms with Gasteiger partial charge in [0.1, 0.15) is 0 Å². The third-order valence-electron chi connectivity index (χ3n) is 2.15. The van der Waals surface area contributed by atoms with Crippen molar-refractivity contribution in [2.24, 2.45) is 0 Å². The fourth-order valence-corrected chi connectivity index (χ4v) is 1.43. The van der Waals surface area contributed by atoms with Crippen LogP contribution in [0.15, 0.2) is 0 Å². The van der Waals surface area contributed by atoms with E-state index < -0.39 is 0 Å². The van der Waals surface area contributed by atoms with Crippen LogP contribution in [-0.4, -0.2) is 34.6 Å². The van der Waals surface area contributed by atoms with E-state index in [0.29, 0.717) is 18.4 Å². The van der Waals surface area contributed by atoms with Crippen molar-refractivity contribution in [3.63, 3.8) is 0 Å². The molecule has 0 radical (unpaired) electrons. The maximum absolute atomic E-state index is 5.86. The van der Waals surface area contributed by atoms with Gasteiger partial charge in [0.15, 0.2) is 0 Å². The highest BCUT2D eigenvalue weighted by Gasteiger charge is 2.09. The molecular weight excluding hydrogens is 238 g/mol. The molecule has 0 unspecified atom stereocenters. The molecule has 0 amide bonds. The van der Waals surface area contributed by atoms with E-state index in [1.165, 1.54) is 0 Å². The van der Waals surface area contributed by atoms with Crippen molar-refractivity contribution in [1.82, 2.24) is 15.0 Å². The average Bonchev–Trinajstić information content (AvgIpc) is 2.30. The van der Waals surface area contributed by atoms with Crippen LogP contribution < -0.4 is 10.2 Å². The maximum Gasteiger partial charge on any atom is 0.231 e. The van der Waals surface area contributed by atoms with Gasteiger partial charge in [-0.3, -0.25) is 0 Å². The van der Waals surface area contributed by atoms with Gasteiger partial charge in [0.05, 0.1) is 6.54 Å². The van der Waals surface area contributed by atoms with Crippen molar-refractivity contribution in [2.75, 3.05) is 29.9 Å². The molecule has 0 fully saturated rings. The van der Waals surface area contributed by atoms with Crippen LogP contribution in [0.2, 0.25) is 5.28 Å². The highest BCUT2D eigenvalue weighted by molar-refractivity contribution is 6.28. The quantitative estimate of drug-likeness (QED) is 0.811. The van der Waals surface area contributed by atoms with Gasteiger partial charge in [-0.1, -0.05) is 5.92 Å². The zero-order valence-electron chi connectivity index (χ0n) is 10.3. The summed E-state index contributed by atoms with van der Waals surface area (Å²) in [6.45, 7) is 8.00. The van der Waals surface area contributed by atoms with Crippen LogP contribution in [0.1, 0.15) is 20.8 Å². The molecule has 0 spiro atoms. The summed E-state index contributed by atoms with van der Waals surface area (Å²) in [7, 11) is 0. The predicted molar refractivity (Wildman–Crippen MR) is 70.3 cm³/mol. The maximum atomic E-state index is 5.86. The SMILES string of the molecule is CC#CCNc1nc(Cl)nc(N(CC)CC)n1. The van der Waals surface area contributed by atoms with E-state index in [1.54, 1.807) is 6.92 Å². The molecule has 0 aliphatic carbocycles. The summed E-state index contributed by atoms with van der Waals surface area (Å²) < 4.78 is 0. The number of rotatable bonds is 5. The Balaban J connectivity index is 2.87. The minimum atomic E-state index is 0.189. The third-order valence-corrected chi connectivity index (χ3v) is 2.32. The van der Waals surface area contributed by atoms with Crippen molar-refractivity contribution < 1.29 is 0 Å². The van der Waals surface area contributed by atoms with Crippen molar-refractivity contribution in [3.8, 4) is 11.8 Å². The first-order valence-electron chi connectivity index (χ1n) is 5.51. The highest BCUT2D eigenvalue weighted by atomic mass is 35.5. The zero-order valence-corrected chi connectivity index (χ0v) is 11.0. The monoisotopic (exact) mass is 253 g/mol. The van der Waals surface area contributed by atoms with E-state index in [2.05, 4.69) is 32.1 Å². The lowest BCUT2D eigenvalue weighted by atomic mass is 10.5. The number of nitrogens with one attached hydrogen (secondary N) is 1. The van der Waals surface area contributed by atoms with Gasteiger partial charge >= 0.3 is 0 Å². The highest BCUT2D eigenvalue weighted by Crippen LogP contribution is 2.13. The first kappa shape index (κ1) is 13.5. The van der Waals surface area contributed by atoms with Crippen LogP contribution >= 0.6 is 11.6 Å². The number of aromatic nitrogens is 3. The van der Waals surface area contributed by atoms with Crippen molar-refractivity contribution in [3.05, 3.63) is 5.28 Å². The molecule has 1 aromatic rings. The Hall–Kier alpha value is -1.54. The van der Waals surface area contributed by atoms with Crippen LogP contribution in [0.4, 0.5) is 11.9 Å². The Labute approximate surface area is 107 Å². The molecule has 1 N–H and O–H groups in total. The van der Waals surface area contributed by atoms with Crippen molar-refractivity contribution in [2.45, 2.75) is 20.8 Å². The predicted octanol–water partition coefficient (Wildman–Crippen LogP) is 1.81. The van der Waals surface area contributed by atoms with Crippen molar-refractivity contribution >= 4 is 23.5 Å². The summed E-state index contributed by atoms with van der Waals surface area (Å²) in [5.41, 5.74) is 0. The second-order valence-electron chi connectivity index (χ2n) is 3.18. The summed E-state index contributed by atoms with van der Waals surface area (Å²) in [5.74, 6) is 6.70. The summed E-state index contributed by atoms with van der Waals surface area (Å²) in [6, 6.07) is 0. The fraction of sp³-hybridized carbons (Fsp3) is 0.545. The lowest BCUT2D eigenvalue weighted by Gasteiger charge is -2.18. The molecule has 1 rings (SSSR count). The molecule has 6 heteroatoms. The smallest absolute Gasteiger partial charge is 0.231 e. The number of anilines is 2. The zero-order chi connectivity index (χ0) is 12.7. The second-order valence-corrected chi connectivity index (χ2v) is 3.52. The molecule has 0 bridgehead atoms. The van der Waals surface area contributed by atoms with E-state index in [-0.39, 0.29) is 5.28 Å². The van der Waals surface area contributed by atoms with Crippen LogP contribution in [0.3, 0.4) is 0 Å². The number of hydrogen-bond donors (Lipinski definition) is 1. The van der Waals surface area contributed by atoms with Crippen LogP contribution in [-0.2, 0) is 0 Å². The fourth-order valence-electron chi connectivity index (χ4n) is 1.28. The minimum absolute atomic E-state index is 0.189. The average molecular weight is 254 g/mol. The number of halogens is 1. The van der Waals surface area contributed by atoms with Crippen LogP contribution in [0.25, 0.3) is 0 Å². The normalized spacial score (nSPS) is 9.41. The Kier molecular flexibility index (Phi) is 5.50. The van der Waals surface area contributed by atoms with E-state index >= 15 is 0 Å². The standard InChI is InChI=1S/C11H16ClN5/c1-4-7-8-13-10-14-9(12)15-11(16-10)17(5-2)6-3/h5-6,8H2,1-3H3,(H,13,14,15,16). The molecule has 0 aromatic carbocycles. The molecule has 0 saturated carbocycles. The Morgan fingerprint density at radius 3 is 2.53 bits per heavy atom. The van der Waals surface area contributed by atoms with Crippen LogP contribution in [0.5, 0.6) is 0 Å². The van der Waals surface area contributed by atoms with E-state index in [1.807, 2.05) is 18.7 Å². The van der Waals surface area contributed by atoms with Gasteiger partial charge in [-0.15, -0.1) is 5.92 Å². The Morgan fingerprint density at radius 2 is 1.94 bits per heavy atom. The van der Waals surface area contributed by atoms with E-state index in [4.69, 9.17) is 11.6 Å². The molecule has 1 aromatic heterocycles. The minimum Gasteiger partial charge on any atom is -0.343 e. The van der Waals surface area contributed by atoms with Gasteiger partial charge in [0.2, 0.25) is 17.2 Å². The van der Waals surface area contributed by atoms with Gasteiger partial charge in [-0.05, 0) is 32.4 Å². The summed E-state index contributed by atoms with van der Waals surface area (Å²) in [6.07, 6.45) is 0. The third kappa shape index (κ3) is 4.08. The van der Waals surface area contributed by atoms with Gasteiger partial charge in [-0.25, -0.2) is 0 Å². The van der Waals surface area contributed by atoms with Gasteiger partial charge in [0.25, 0.3) is 0 Å². The first-order valence-corrected chi connectivity index (χ1v) is 5.89. The molecule has 5 nitrogen and oxygen atoms in total. The van der Waals surface area contributed by atoms with Crippen LogP contribution in [0, 0.1) is 11.8 Å². The van der Waals surface area contributed by atoms with Gasteiger partial charge in [-0.2, -0.15) is 15.0 Å². The summed E-state index contributed by atoms with van der Waals surface area (Å²) in [5, 5.41) is 3.17. The summed E-state index contributed by atoms with van der Waals surface area (Å²) in [4.78, 5) is 14.4. The second kappa shape index (κ2) is 6.92. The molecule has 17 heavy (non-hydrogen) atoms. The molecule has 0 aliphatic heterocycles. The van der Waals surface area contributed by atoms with E-state index in [0.717, 1.165) is 13.1 Å². The van der Waals surface area contributed by atoms with Gasteiger partial charge in [0, 0.05) is 13.1 Å². The Bertz CT molecular complexity index is 420. The topological polar surface area (TPSA) is 53.9 Å². The molecule has 1 heterocycles. The first-order chi connectivity index (χ1) is 8.21. The lowest BCUT2D eigenvalue weighted by Crippen LogP contribution is -2.25. The number of nitrogens with zero attached hydrogens (tertiary/aromatic N) is 4. The largest absolute Gasteiger partial charge is 0.343 e. The lowest BCUT2D eigenvalue weighted by molar-refractivity contribution is 0.812. The Morgan fingerprint density at radius 1 is 1.24 bits per heavy atom. The molecule has 92 valence electrons. The van der Waals surface area contributed by atoms with Crippen molar-refractivity contribution in [1.29, 1.82) is 0 Å². The molecular formula is C11H16ClN5. The molecule has 0 saturated heterocycles. The molecule has 0 atom stereocenters. The summed E-state index contributed by atoms with van der Waals surface area (Å²) >= 11 is 5.86. The number of hydrogen-bond acceptors (Lipinski definition) is 5. The van der Waals surface area contributed by atoms with Gasteiger partial charge < -0.3 is 10.2 Å². The van der Waals surface area contributed by atoms with E-state index in [9.17, 15) is 0 Å². The molecule has 0 aliphatic rings.